The van der Waals surface area contributed by atoms with Crippen LogP contribution in [-0.4, -0.2) is 20.1 Å². The summed E-state index contributed by atoms with van der Waals surface area (Å²) in [5.74, 6) is 0. The van der Waals surface area contributed by atoms with Gasteiger partial charge in [0.1, 0.15) is 0 Å². The zero-order valence-corrected chi connectivity index (χ0v) is 10.2. The molecule has 0 bridgehead atoms. The van der Waals surface area contributed by atoms with E-state index in [2.05, 4.69) is 39.3 Å². The van der Waals surface area contributed by atoms with Gasteiger partial charge in [-0.1, -0.05) is 0 Å². The van der Waals surface area contributed by atoms with E-state index in [1.807, 2.05) is 0 Å². The smallest absolute Gasteiger partial charge is 0.0917 e. The van der Waals surface area contributed by atoms with Gasteiger partial charge in [0.2, 0.25) is 0 Å². The van der Waals surface area contributed by atoms with Gasteiger partial charge in [-0.25, -0.2) is 0 Å². The lowest BCUT2D eigenvalue weighted by Crippen LogP contribution is -2.18. The number of thiophene rings is 1. The van der Waals surface area contributed by atoms with Crippen molar-refractivity contribution in [3.63, 3.8) is 0 Å². The number of anilines is 1. The zero-order valence-electron chi connectivity index (χ0n) is 7.79. The zero-order chi connectivity index (χ0) is 9.68. The summed E-state index contributed by atoms with van der Waals surface area (Å²) in [6, 6.07) is 2.15. The second-order valence-corrected chi connectivity index (χ2v) is 4.83. The van der Waals surface area contributed by atoms with Crippen molar-refractivity contribution in [2.45, 2.75) is 12.8 Å². The van der Waals surface area contributed by atoms with Crippen LogP contribution in [0.1, 0.15) is 12.8 Å². The van der Waals surface area contributed by atoms with Crippen LogP contribution in [-0.2, 0) is 0 Å². The maximum absolute atomic E-state index is 5.43. The van der Waals surface area contributed by atoms with E-state index in [4.69, 9.17) is 5.73 Å². The Morgan fingerprint density at radius 1 is 1.54 bits per heavy atom. The van der Waals surface area contributed by atoms with Crippen molar-refractivity contribution >= 4 is 32.3 Å². The number of nitrogens with zero attached hydrogens (tertiary/aromatic N) is 1. The van der Waals surface area contributed by atoms with Gasteiger partial charge in [0, 0.05) is 23.4 Å². The van der Waals surface area contributed by atoms with Gasteiger partial charge in [-0.3, -0.25) is 0 Å². The molecule has 0 radical (unpaired) electrons. The molecule has 13 heavy (non-hydrogen) atoms. The van der Waals surface area contributed by atoms with Gasteiger partial charge in [-0.2, -0.15) is 0 Å². The van der Waals surface area contributed by atoms with E-state index < -0.39 is 0 Å². The lowest BCUT2D eigenvalue weighted by Gasteiger charge is -2.16. The van der Waals surface area contributed by atoms with Crippen molar-refractivity contribution in [3.05, 3.63) is 15.9 Å². The molecule has 0 unspecified atom stereocenters. The Morgan fingerprint density at radius 3 is 2.85 bits per heavy atom. The highest BCUT2D eigenvalue weighted by molar-refractivity contribution is 9.10. The molecule has 0 aromatic carbocycles. The first kappa shape index (κ1) is 11.0. The fraction of sp³-hybridized carbons (Fsp3) is 0.556. The summed E-state index contributed by atoms with van der Waals surface area (Å²) < 4.78 is 1.16. The summed E-state index contributed by atoms with van der Waals surface area (Å²) >= 11 is 5.21. The Bertz CT molecular complexity index is 250. The Labute approximate surface area is 91.9 Å². The van der Waals surface area contributed by atoms with E-state index in [9.17, 15) is 0 Å². The Balaban J connectivity index is 2.35. The molecule has 0 aliphatic carbocycles. The predicted octanol–water partition coefficient (Wildman–Crippen LogP) is 2.69. The molecule has 2 N–H and O–H groups in total. The molecule has 1 heterocycles. The molecule has 1 rings (SSSR count). The van der Waals surface area contributed by atoms with E-state index in [0.29, 0.717) is 0 Å². The molecule has 1 aromatic heterocycles. The van der Waals surface area contributed by atoms with Crippen LogP contribution in [0, 0.1) is 0 Å². The first-order valence-electron chi connectivity index (χ1n) is 4.39. The van der Waals surface area contributed by atoms with Gasteiger partial charge < -0.3 is 10.6 Å². The highest BCUT2D eigenvalue weighted by atomic mass is 79.9. The third-order valence-electron chi connectivity index (χ3n) is 1.88. The van der Waals surface area contributed by atoms with E-state index in [0.717, 1.165) is 24.0 Å². The first-order valence-corrected chi connectivity index (χ1v) is 6.06. The summed E-state index contributed by atoms with van der Waals surface area (Å²) in [5, 5.41) is 3.42. The number of unbranched alkanes of at least 4 members (excludes halogenated alkanes) is 1. The Morgan fingerprint density at radius 2 is 2.31 bits per heavy atom. The first-order chi connectivity index (χ1) is 6.24. The highest BCUT2D eigenvalue weighted by Gasteiger charge is 2.02. The average Bonchev–Trinajstić information content (AvgIpc) is 2.52. The monoisotopic (exact) mass is 262 g/mol. The minimum Gasteiger partial charge on any atom is -0.366 e. The van der Waals surface area contributed by atoms with Gasteiger partial charge in [0.25, 0.3) is 0 Å². The van der Waals surface area contributed by atoms with Crippen molar-refractivity contribution in [1.82, 2.24) is 0 Å². The minimum absolute atomic E-state index is 0.794. The van der Waals surface area contributed by atoms with Crippen LogP contribution in [0.25, 0.3) is 0 Å². The van der Waals surface area contributed by atoms with Crippen LogP contribution in [0.5, 0.6) is 0 Å². The molecule has 0 amide bonds. The van der Waals surface area contributed by atoms with Gasteiger partial charge in [0.05, 0.1) is 5.00 Å². The van der Waals surface area contributed by atoms with Crippen LogP contribution in [0.4, 0.5) is 5.00 Å². The van der Waals surface area contributed by atoms with Crippen molar-refractivity contribution in [3.8, 4) is 0 Å². The Kier molecular flexibility index (Phi) is 4.77. The van der Waals surface area contributed by atoms with Crippen LogP contribution in [0.2, 0.25) is 0 Å². The number of hydrogen-bond acceptors (Lipinski definition) is 3. The minimum atomic E-state index is 0.794. The largest absolute Gasteiger partial charge is 0.366 e. The van der Waals surface area contributed by atoms with Crippen molar-refractivity contribution in [2.24, 2.45) is 5.73 Å². The molecule has 4 heteroatoms. The van der Waals surface area contributed by atoms with Crippen LogP contribution in [0.15, 0.2) is 15.9 Å². The van der Waals surface area contributed by atoms with E-state index in [1.54, 1.807) is 11.3 Å². The lowest BCUT2D eigenvalue weighted by molar-refractivity contribution is 0.731. The van der Waals surface area contributed by atoms with Crippen LogP contribution >= 0.6 is 27.3 Å². The number of rotatable bonds is 5. The molecule has 0 spiro atoms. The van der Waals surface area contributed by atoms with E-state index >= 15 is 0 Å². The second kappa shape index (κ2) is 5.62. The molecule has 0 aliphatic rings. The topological polar surface area (TPSA) is 29.3 Å². The Hall–Kier alpha value is -0.0600. The summed E-state index contributed by atoms with van der Waals surface area (Å²) in [4.78, 5) is 2.27. The predicted molar refractivity (Wildman–Crippen MR) is 63.6 cm³/mol. The third kappa shape index (κ3) is 3.67. The van der Waals surface area contributed by atoms with Gasteiger partial charge in [0.15, 0.2) is 0 Å². The number of nitrogens with two attached hydrogens (primary N) is 1. The molecular weight excluding hydrogens is 248 g/mol. The molecule has 0 atom stereocenters. The van der Waals surface area contributed by atoms with Gasteiger partial charge >= 0.3 is 0 Å². The number of hydrogen-bond donors (Lipinski definition) is 1. The number of halogens is 1. The maximum Gasteiger partial charge on any atom is 0.0917 e. The molecule has 0 saturated carbocycles. The van der Waals surface area contributed by atoms with Crippen LogP contribution < -0.4 is 10.6 Å². The van der Waals surface area contributed by atoms with Crippen LogP contribution in [0.3, 0.4) is 0 Å². The molecule has 74 valence electrons. The highest BCUT2D eigenvalue weighted by Crippen LogP contribution is 2.27. The second-order valence-electron chi connectivity index (χ2n) is 3.02. The third-order valence-corrected chi connectivity index (χ3v) is 3.68. The summed E-state index contributed by atoms with van der Waals surface area (Å²) in [5.41, 5.74) is 5.43. The van der Waals surface area contributed by atoms with Gasteiger partial charge in [-0.05, 0) is 41.4 Å². The summed E-state index contributed by atoms with van der Waals surface area (Å²) in [6.07, 6.45) is 2.28. The van der Waals surface area contributed by atoms with E-state index in [1.165, 1.54) is 11.4 Å². The lowest BCUT2D eigenvalue weighted by atomic mass is 10.3. The van der Waals surface area contributed by atoms with Crippen molar-refractivity contribution < 1.29 is 0 Å². The molecule has 2 nitrogen and oxygen atoms in total. The normalized spacial score (nSPS) is 10.4. The maximum atomic E-state index is 5.43. The quantitative estimate of drug-likeness (QED) is 0.827. The summed E-state index contributed by atoms with van der Waals surface area (Å²) in [6.45, 7) is 1.88. The SMILES string of the molecule is CN(CCCCN)c1cc(Br)cs1. The van der Waals surface area contributed by atoms with Crippen molar-refractivity contribution in [2.75, 3.05) is 25.0 Å². The molecule has 1 aromatic rings. The fourth-order valence-electron chi connectivity index (χ4n) is 1.11. The molecule has 0 saturated heterocycles. The van der Waals surface area contributed by atoms with Gasteiger partial charge in [-0.15, -0.1) is 11.3 Å². The van der Waals surface area contributed by atoms with E-state index in [-0.39, 0.29) is 0 Å². The molecule has 0 fully saturated rings. The van der Waals surface area contributed by atoms with Crippen molar-refractivity contribution in [1.29, 1.82) is 0 Å². The summed E-state index contributed by atoms with van der Waals surface area (Å²) in [7, 11) is 2.12. The fourth-order valence-corrected chi connectivity index (χ4v) is 2.52. The average molecular weight is 263 g/mol. The standard InChI is InChI=1S/C9H15BrN2S/c1-12(5-3-2-4-11)9-6-8(10)7-13-9/h6-7H,2-5,11H2,1H3. The molecular formula is C9H15BrN2S. The molecule has 0 aliphatic heterocycles.